The van der Waals surface area contributed by atoms with E-state index in [0.29, 0.717) is 16.8 Å². The molecule has 0 radical (unpaired) electrons. The maximum absolute atomic E-state index is 12.9. The van der Waals surface area contributed by atoms with E-state index in [0.717, 1.165) is 12.1 Å². The number of aromatic carboxylic acids is 1. The number of carbonyl (C=O) groups excluding carboxylic acids is 1. The summed E-state index contributed by atoms with van der Waals surface area (Å²) in [5, 5.41) is 11.7. The number of amides is 1. The molecule has 4 nitrogen and oxygen atoms in total. The second-order valence-electron chi connectivity index (χ2n) is 5.96. The Morgan fingerprint density at radius 1 is 0.786 bits per heavy atom. The van der Waals surface area contributed by atoms with Crippen LogP contribution in [-0.2, 0) is 6.18 Å². The minimum Gasteiger partial charge on any atom is -0.478 e. The van der Waals surface area contributed by atoms with Crippen molar-refractivity contribution >= 4 is 17.6 Å². The molecule has 0 aliphatic rings. The second-order valence-corrected chi connectivity index (χ2v) is 5.96. The van der Waals surface area contributed by atoms with E-state index in [9.17, 15) is 22.8 Å². The highest BCUT2D eigenvalue weighted by Crippen LogP contribution is 2.32. The molecule has 0 unspecified atom stereocenters. The lowest BCUT2D eigenvalue weighted by molar-refractivity contribution is -0.137. The van der Waals surface area contributed by atoms with E-state index in [4.69, 9.17) is 5.11 Å². The van der Waals surface area contributed by atoms with E-state index >= 15 is 0 Å². The Morgan fingerprint density at radius 3 is 2.04 bits per heavy atom. The van der Waals surface area contributed by atoms with Crippen LogP contribution in [0.2, 0.25) is 0 Å². The van der Waals surface area contributed by atoms with Crippen molar-refractivity contribution < 1.29 is 27.9 Å². The van der Waals surface area contributed by atoms with Gasteiger partial charge in [-0.2, -0.15) is 13.2 Å². The summed E-state index contributed by atoms with van der Waals surface area (Å²) in [6.07, 6.45) is -4.43. The lowest BCUT2D eigenvalue weighted by Crippen LogP contribution is -2.16. The van der Waals surface area contributed by atoms with E-state index in [2.05, 4.69) is 5.32 Å². The summed E-state index contributed by atoms with van der Waals surface area (Å²) < 4.78 is 38.6. The summed E-state index contributed by atoms with van der Waals surface area (Å²) in [7, 11) is 0. The van der Waals surface area contributed by atoms with E-state index < -0.39 is 23.6 Å². The summed E-state index contributed by atoms with van der Waals surface area (Å²) in [6, 6.07) is 17.0. The zero-order valence-corrected chi connectivity index (χ0v) is 14.3. The summed E-state index contributed by atoms with van der Waals surface area (Å²) in [4.78, 5) is 23.6. The molecule has 7 heteroatoms. The number of rotatable bonds is 4. The third kappa shape index (κ3) is 4.20. The van der Waals surface area contributed by atoms with Gasteiger partial charge >= 0.3 is 12.1 Å². The predicted molar refractivity (Wildman–Crippen MR) is 98.2 cm³/mol. The number of benzene rings is 3. The number of nitrogens with one attached hydrogen (secondary N) is 1. The van der Waals surface area contributed by atoms with Gasteiger partial charge in [-0.05, 0) is 47.5 Å². The molecule has 3 aromatic rings. The first-order valence-electron chi connectivity index (χ1n) is 8.17. The second kappa shape index (κ2) is 7.56. The molecule has 0 fully saturated rings. The molecule has 1 amide bonds. The molecule has 2 N–H and O–H groups in total. The van der Waals surface area contributed by atoms with Crippen molar-refractivity contribution in [1.82, 2.24) is 0 Å². The maximum atomic E-state index is 12.9. The van der Waals surface area contributed by atoms with Gasteiger partial charge in [0.1, 0.15) is 0 Å². The van der Waals surface area contributed by atoms with Crippen molar-refractivity contribution in [3.63, 3.8) is 0 Å². The van der Waals surface area contributed by atoms with Gasteiger partial charge in [0.15, 0.2) is 0 Å². The van der Waals surface area contributed by atoms with Crippen LogP contribution in [0, 0.1) is 0 Å². The fourth-order valence-electron chi connectivity index (χ4n) is 2.69. The number of alkyl halides is 3. The first kappa shape index (κ1) is 19.2. The number of carboxylic acid groups (broad SMARTS) is 1. The van der Waals surface area contributed by atoms with Crippen molar-refractivity contribution in [3.8, 4) is 11.1 Å². The van der Waals surface area contributed by atoms with Gasteiger partial charge in [0, 0.05) is 5.69 Å². The molecule has 0 heterocycles. The molecule has 3 rings (SSSR count). The molecule has 0 saturated carbocycles. The Morgan fingerprint density at radius 2 is 1.43 bits per heavy atom. The molecule has 0 bridgehead atoms. The van der Waals surface area contributed by atoms with Crippen LogP contribution < -0.4 is 5.32 Å². The van der Waals surface area contributed by atoms with Gasteiger partial charge in [0.05, 0.1) is 16.7 Å². The van der Waals surface area contributed by atoms with Gasteiger partial charge in [0.2, 0.25) is 0 Å². The minimum absolute atomic E-state index is 0.0111. The lowest BCUT2D eigenvalue weighted by Gasteiger charge is -2.10. The fraction of sp³-hybridized carbons (Fsp3) is 0.0476. The van der Waals surface area contributed by atoms with Crippen LogP contribution >= 0.6 is 0 Å². The molecular formula is C21H14F3NO3. The molecule has 0 saturated heterocycles. The zero-order valence-electron chi connectivity index (χ0n) is 14.3. The number of anilines is 1. The zero-order chi connectivity index (χ0) is 20.3. The van der Waals surface area contributed by atoms with Crippen molar-refractivity contribution in [2.75, 3.05) is 5.32 Å². The Balaban J connectivity index is 1.81. The summed E-state index contributed by atoms with van der Waals surface area (Å²) in [6.45, 7) is 0. The summed E-state index contributed by atoms with van der Waals surface area (Å²) in [5.41, 5.74) is 0.477. The number of hydrogen-bond acceptors (Lipinski definition) is 2. The van der Waals surface area contributed by atoms with Crippen molar-refractivity contribution in [2.24, 2.45) is 0 Å². The quantitative estimate of drug-likeness (QED) is 0.639. The van der Waals surface area contributed by atoms with Gasteiger partial charge in [-0.15, -0.1) is 0 Å². The van der Waals surface area contributed by atoms with E-state index in [-0.39, 0.29) is 11.1 Å². The van der Waals surface area contributed by atoms with Crippen LogP contribution in [0.5, 0.6) is 0 Å². The molecule has 3 aromatic carbocycles. The summed E-state index contributed by atoms with van der Waals surface area (Å²) in [5.74, 6) is -1.81. The number of carboxylic acids is 1. The summed E-state index contributed by atoms with van der Waals surface area (Å²) >= 11 is 0. The molecule has 0 aromatic heterocycles. The van der Waals surface area contributed by atoms with E-state index in [1.165, 1.54) is 36.4 Å². The van der Waals surface area contributed by atoms with Crippen LogP contribution in [0.15, 0.2) is 72.8 Å². The Labute approximate surface area is 158 Å². The van der Waals surface area contributed by atoms with Crippen molar-refractivity contribution in [1.29, 1.82) is 0 Å². The highest BCUT2D eigenvalue weighted by Gasteiger charge is 2.30. The lowest BCUT2D eigenvalue weighted by atomic mass is 10.0. The predicted octanol–water partition coefficient (Wildman–Crippen LogP) is 5.32. The third-order valence-electron chi connectivity index (χ3n) is 4.07. The maximum Gasteiger partial charge on any atom is 0.416 e. The van der Waals surface area contributed by atoms with Crippen LogP contribution in [0.25, 0.3) is 11.1 Å². The van der Waals surface area contributed by atoms with Gasteiger partial charge in [-0.1, -0.05) is 36.4 Å². The standard InChI is InChI=1S/C21H14F3NO3/c22-21(23,24)15-5-3-4-14(12-15)13-8-10-16(11-9-13)25-19(26)17-6-1-2-7-18(17)20(27)28/h1-12H,(H,25,26)(H,27,28). The number of hydrogen-bond donors (Lipinski definition) is 2. The Bertz CT molecular complexity index is 1030. The Kier molecular flexibility index (Phi) is 5.17. The largest absolute Gasteiger partial charge is 0.478 e. The van der Waals surface area contributed by atoms with Gasteiger partial charge in [0.25, 0.3) is 5.91 Å². The van der Waals surface area contributed by atoms with Gasteiger partial charge in [-0.25, -0.2) is 4.79 Å². The first-order valence-corrected chi connectivity index (χ1v) is 8.17. The Hall–Kier alpha value is -3.61. The van der Waals surface area contributed by atoms with Crippen LogP contribution in [0.1, 0.15) is 26.3 Å². The number of halogens is 3. The molecule has 142 valence electrons. The monoisotopic (exact) mass is 385 g/mol. The fourth-order valence-corrected chi connectivity index (χ4v) is 2.69. The van der Waals surface area contributed by atoms with Crippen LogP contribution in [0.4, 0.5) is 18.9 Å². The van der Waals surface area contributed by atoms with E-state index in [1.54, 1.807) is 24.3 Å². The van der Waals surface area contributed by atoms with Crippen LogP contribution in [0.3, 0.4) is 0 Å². The molecule has 0 atom stereocenters. The molecule has 28 heavy (non-hydrogen) atoms. The smallest absolute Gasteiger partial charge is 0.416 e. The van der Waals surface area contributed by atoms with E-state index in [1.807, 2.05) is 0 Å². The molecule has 0 aliphatic heterocycles. The van der Waals surface area contributed by atoms with Crippen molar-refractivity contribution in [3.05, 3.63) is 89.5 Å². The third-order valence-corrected chi connectivity index (χ3v) is 4.07. The SMILES string of the molecule is O=C(O)c1ccccc1C(=O)Nc1ccc(-c2cccc(C(F)(F)F)c2)cc1. The van der Waals surface area contributed by atoms with Gasteiger partial charge < -0.3 is 10.4 Å². The average molecular weight is 385 g/mol. The minimum atomic E-state index is -4.43. The molecule has 0 aliphatic carbocycles. The van der Waals surface area contributed by atoms with Crippen molar-refractivity contribution in [2.45, 2.75) is 6.18 Å². The molecule has 0 spiro atoms. The van der Waals surface area contributed by atoms with Gasteiger partial charge in [-0.3, -0.25) is 4.79 Å². The average Bonchev–Trinajstić information content (AvgIpc) is 2.68. The molecular weight excluding hydrogens is 371 g/mol. The number of carbonyl (C=O) groups is 2. The topological polar surface area (TPSA) is 66.4 Å². The van der Waals surface area contributed by atoms with Crippen LogP contribution in [-0.4, -0.2) is 17.0 Å². The highest BCUT2D eigenvalue weighted by atomic mass is 19.4. The normalized spacial score (nSPS) is 11.1. The highest BCUT2D eigenvalue weighted by molar-refractivity contribution is 6.10. The first-order chi connectivity index (χ1) is 13.3.